The molecule has 4 saturated carbocycles. The van der Waals surface area contributed by atoms with Crippen molar-refractivity contribution in [2.75, 3.05) is 99.8 Å². The number of benzene rings is 8. The van der Waals surface area contributed by atoms with E-state index in [4.69, 9.17) is 18.9 Å². The van der Waals surface area contributed by atoms with Crippen LogP contribution in [-0.2, 0) is 44.9 Å². The van der Waals surface area contributed by atoms with Gasteiger partial charge in [-0.1, -0.05) is 48.5 Å². The zero-order valence-electron chi connectivity index (χ0n) is 69.0. The molecule has 12 aliphatic rings. The Hall–Kier alpha value is -9.92. The van der Waals surface area contributed by atoms with Crippen LogP contribution in [0.1, 0.15) is 146 Å². The molecule has 8 aliphatic heterocycles. The van der Waals surface area contributed by atoms with Crippen LogP contribution in [0, 0.1) is 46.9 Å². The van der Waals surface area contributed by atoms with Gasteiger partial charge in [0.25, 0.3) is 0 Å². The van der Waals surface area contributed by atoms with Crippen molar-refractivity contribution in [3.8, 4) is 23.0 Å². The number of aryl methyl sites for hydroxylation is 4. The van der Waals surface area contributed by atoms with Gasteiger partial charge in [0.1, 0.15) is 70.7 Å². The van der Waals surface area contributed by atoms with Crippen LogP contribution < -0.4 is 40.2 Å². The Labute approximate surface area is 717 Å². The standard InChI is InChI=1S/4C24H27FN2O4/c4*25-18-3-5-19(6-4-18)31-20-10-17-12-27(14-24(17,30)11-20)13-22(28)16-1-7-21-15(9-16)2-8-23(29)26-21/h4*1,3-7,9,17,20,22,28,30H,2,8,10-14H2,(H,26,29)/t2*17-,20+,22+,24-;2*17-,20+,22-,24-/m1010/s1. The number of anilines is 4. The van der Waals surface area contributed by atoms with Gasteiger partial charge in [0.2, 0.25) is 23.6 Å². The highest BCUT2D eigenvalue weighted by Gasteiger charge is 2.57. The Morgan fingerprint density at radius 3 is 0.702 bits per heavy atom. The fraction of sp³-hybridized carbons (Fsp3) is 0.458. The molecule has 4 aliphatic carbocycles. The van der Waals surface area contributed by atoms with Gasteiger partial charge in [0.05, 0.1) is 46.8 Å². The van der Waals surface area contributed by atoms with Gasteiger partial charge in [0.15, 0.2) is 0 Å². The van der Waals surface area contributed by atoms with Gasteiger partial charge in [-0.15, -0.1) is 0 Å². The predicted octanol–water partition coefficient (Wildman–Crippen LogP) is 10.6. The summed E-state index contributed by atoms with van der Waals surface area (Å²) in [5.41, 5.74) is 7.50. The van der Waals surface area contributed by atoms with E-state index >= 15 is 0 Å². The van der Waals surface area contributed by atoms with E-state index in [0.29, 0.717) is 179 Å². The Morgan fingerprint density at radius 2 is 0.508 bits per heavy atom. The number of β-amino-alcohol motifs (C(OH)–C–C–N with tert-alkyl or cyclic N) is 8. The third-order valence-corrected chi connectivity index (χ3v) is 27.3. The molecular formula is C96H108F4N8O16. The summed E-state index contributed by atoms with van der Waals surface area (Å²) in [5, 5.41) is 99.2. The second-order valence-electron chi connectivity index (χ2n) is 36.4. The molecule has 0 radical (unpaired) electrons. The molecule has 8 aromatic carbocycles. The number of fused-ring (bicyclic) bond motifs is 8. The molecular weight excluding hydrogens is 1600 g/mol. The first-order valence-electron chi connectivity index (χ1n) is 43.4. The number of hydrogen-bond donors (Lipinski definition) is 12. The summed E-state index contributed by atoms with van der Waals surface area (Å²) in [6.45, 7) is 6.63. The largest absolute Gasteiger partial charge is 0.490 e. The van der Waals surface area contributed by atoms with E-state index in [9.17, 15) is 77.6 Å². The van der Waals surface area contributed by atoms with Gasteiger partial charge < -0.3 is 81.1 Å². The lowest BCUT2D eigenvalue weighted by Crippen LogP contribution is -2.36. The smallest absolute Gasteiger partial charge is 0.224 e. The number of halogens is 4. The van der Waals surface area contributed by atoms with E-state index in [0.717, 1.165) is 92.9 Å². The van der Waals surface area contributed by atoms with Crippen LogP contribution in [0.2, 0.25) is 0 Å². The van der Waals surface area contributed by atoms with Crippen LogP contribution in [0.4, 0.5) is 40.3 Å². The number of carbonyl (C=O) groups excluding carboxylic acids is 4. The van der Waals surface area contributed by atoms with Crippen molar-refractivity contribution < 1.29 is 96.5 Å². The lowest BCUT2D eigenvalue weighted by molar-refractivity contribution is -0.117. The lowest BCUT2D eigenvalue weighted by Gasteiger charge is -2.25. The Balaban J connectivity index is 0.000000117. The van der Waals surface area contributed by atoms with Gasteiger partial charge in [0, 0.05) is 176 Å². The highest BCUT2D eigenvalue weighted by atomic mass is 19.1. The molecule has 8 fully saturated rings. The molecule has 656 valence electrons. The zero-order valence-corrected chi connectivity index (χ0v) is 69.0. The van der Waals surface area contributed by atoms with Crippen molar-refractivity contribution >= 4 is 46.4 Å². The average molecular weight is 1710 g/mol. The van der Waals surface area contributed by atoms with Gasteiger partial charge >= 0.3 is 0 Å². The SMILES string of the molecule is O=C1CCc2cc([C@@H](O)CN3C[C@@H]4C[C@@H](Oc5ccc(F)cc5)C[C@]4(O)C3)ccc2N1.O=C1CCc2cc([C@@H](O)CN3C[C@H]4C[C@H](Oc5ccc(F)cc5)C[C@@]4(O)C3)ccc2N1.O=C1CCc2cc([C@H](O)CN3C[C@@H]4C[C@@H](Oc5ccc(F)cc5)C[C@]4(O)C3)ccc2N1.O=C1CCc2cc([C@H](O)CN3C[C@H]4C[C@H](Oc5ccc(F)cc5)C[C@@]4(O)C3)ccc2N1. The second kappa shape index (κ2) is 36.2. The highest BCUT2D eigenvalue weighted by Crippen LogP contribution is 2.49. The quantitative estimate of drug-likeness (QED) is 0.0316. The molecule has 0 spiro atoms. The second-order valence-corrected chi connectivity index (χ2v) is 36.4. The molecule has 0 aromatic heterocycles. The summed E-state index contributed by atoms with van der Waals surface area (Å²) in [4.78, 5) is 54.6. The molecule has 12 N–H and O–H groups in total. The minimum absolute atomic E-state index is 0.0272. The van der Waals surface area contributed by atoms with E-state index in [-0.39, 0.29) is 95.0 Å². The van der Waals surface area contributed by atoms with E-state index in [1.165, 1.54) is 48.5 Å². The molecule has 28 heteroatoms. The molecule has 24 nitrogen and oxygen atoms in total. The molecule has 124 heavy (non-hydrogen) atoms. The number of ether oxygens (including phenoxy) is 4. The number of hydrogen-bond acceptors (Lipinski definition) is 20. The van der Waals surface area contributed by atoms with Gasteiger partial charge in [-0.3, -0.25) is 38.8 Å². The van der Waals surface area contributed by atoms with Gasteiger partial charge in [-0.2, -0.15) is 0 Å². The number of likely N-dealkylation sites (tertiary alicyclic amines) is 4. The average Bonchev–Trinajstić information content (AvgIpc) is 1.63. The van der Waals surface area contributed by atoms with Crippen LogP contribution in [0.25, 0.3) is 0 Å². The Kier molecular flexibility index (Phi) is 25.2. The molecule has 4 saturated heterocycles. The zero-order chi connectivity index (χ0) is 86.3. The molecule has 8 heterocycles. The monoisotopic (exact) mass is 1700 g/mol. The molecule has 0 unspecified atom stereocenters. The minimum Gasteiger partial charge on any atom is -0.490 e. The fourth-order valence-electron chi connectivity index (χ4n) is 21.1. The van der Waals surface area contributed by atoms with Crippen molar-refractivity contribution in [1.82, 2.24) is 19.6 Å². The first-order chi connectivity index (χ1) is 59.5. The number of amides is 4. The molecule has 0 bridgehead atoms. The molecule has 20 rings (SSSR count). The molecule has 16 atom stereocenters. The van der Waals surface area contributed by atoms with Crippen LogP contribution in [-0.4, -0.2) is 209 Å². The first kappa shape index (κ1) is 86.2. The van der Waals surface area contributed by atoms with Crippen molar-refractivity contribution in [2.45, 2.75) is 174 Å². The lowest BCUT2D eigenvalue weighted by atomic mass is 9.95. The summed E-state index contributed by atoms with van der Waals surface area (Å²) in [6.07, 6.45) is 6.65. The van der Waals surface area contributed by atoms with Crippen LogP contribution in [0.15, 0.2) is 170 Å². The van der Waals surface area contributed by atoms with Crippen molar-refractivity contribution in [1.29, 1.82) is 0 Å². The maximum atomic E-state index is 13.1. The summed E-state index contributed by atoms with van der Waals surface area (Å²) in [7, 11) is 0. The number of nitrogens with zero attached hydrogens (tertiary/aromatic N) is 4. The third-order valence-electron chi connectivity index (χ3n) is 27.3. The third kappa shape index (κ3) is 20.1. The number of aliphatic hydroxyl groups excluding tert-OH is 4. The Bertz CT molecular complexity index is 4560. The van der Waals surface area contributed by atoms with Gasteiger partial charge in [-0.05, 0) is 217 Å². The summed E-state index contributed by atoms with van der Waals surface area (Å²) in [6, 6.07) is 46.6. The summed E-state index contributed by atoms with van der Waals surface area (Å²) >= 11 is 0. The maximum Gasteiger partial charge on any atom is 0.224 e. The van der Waals surface area contributed by atoms with Crippen LogP contribution >= 0.6 is 0 Å². The fourth-order valence-corrected chi connectivity index (χ4v) is 21.1. The first-order valence-corrected chi connectivity index (χ1v) is 43.4. The number of carbonyl (C=O) groups is 4. The Morgan fingerprint density at radius 1 is 0.306 bits per heavy atom. The van der Waals surface area contributed by atoms with Crippen molar-refractivity contribution in [2.24, 2.45) is 23.7 Å². The number of nitrogens with one attached hydrogen (secondary N) is 4. The normalized spacial score (nSPS) is 28.7. The van der Waals surface area contributed by atoms with Crippen molar-refractivity contribution in [3.05, 3.63) is 238 Å². The van der Waals surface area contributed by atoms with Crippen molar-refractivity contribution in [3.63, 3.8) is 0 Å². The highest BCUT2D eigenvalue weighted by molar-refractivity contribution is 5.96. The predicted molar refractivity (Wildman–Crippen MR) is 453 cm³/mol. The van der Waals surface area contributed by atoms with E-state index < -0.39 is 46.8 Å². The van der Waals surface area contributed by atoms with E-state index in [2.05, 4.69) is 40.9 Å². The summed E-state index contributed by atoms with van der Waals surface area (Å²) in [5.74, 6) is 1.73. The van der Waals surface area contributed by atoms with Gasteiger partial charge in [-0.25, -0.2) is 17.6 Å². The minimum atomic E-state index is -0.829. The molecule has 4 amide bonds. The van der Waals surface area contributed by atoms with Crippen LogP contribution in [0.3, 0.4) is 0 Å². The topological polar surface area (TPSA) is 328 Å². The summed E-state index contributed by atoms with van der Waals surface area (Å²) < 4.78 is 76.1. The molecule has 8 aromatic rings. The number of aliphatic hydroxyl groups is 8. The van der Waals surface area contributed by atoms with E-state index in [1.54, 1.807) is 48.5 Å². The number of rotatable bonds is 20. The van der Waals surface area contributed by atoms with Crippen LogP contribution in [0.5, 0.6) is 23.0 Å². The van der Waals surface area contributed by atoms with E-state index in [1.807, 2.05) is 72.8 Å². The maximum absolute atomic E-state index is 13.1.